The zero-order valence-electron chi connectivity index (χ0n) is 15.0. The van der Waals surface area contributed by atoms with Gasteiger partial charge in [0.1, 0.15) is 11.5 Å². The molecule has 0 aromatic heterocycles. The third-order valence-corrected chi connectivity index (χ3v) is 2.94. The minimum atomic E-state index is 0.0413. The van der Waals surface area contributed by atoms with Gasteiger partial charge < -0.3 is 29.2 Å². The van der Waals surface area contributed by atoms with E-state index >= 15 is 0 Å². The summed E-state index contributed by atoms with van der Waals surface area (Å²) in [6, 6.07) is 19.5. The van der Waals surface area contributed by atoms with Crippen LogP contribution in [0.1, 0.15) is 0 Å². The molecule has 144 valence electrons. The zero-order chi connectivity index (χ0) is 18.7. The molecule has 0 saturated heterocycles. The average molecular weight is 364 g/mol. The van der Waals surface area contributed by atoms with Crippen LogP contribution in [0.3, 0.4) is 0 Å². The lowest BCUT2D eigenvalue weighted by molar-refractivity contribution is 0.00230. The van der Waals surface area contributed by atoms with Crippen molar-refractivity contribution < 1.29 is 29.2 Å². The first kappa shape index (κ1) is 22.1. The molecule has 6 heteroatoms. The predicted molar refractivity (Wildman–Crippen MR) is 99.6 cm³/mol. The molecule has 0 fully saturated rings. The number of hydrogen-bond acceptors (Lipinski definition) is 6. The molecule has 0 radical (unpaired) electrons. The molecular weight excluding hydrogens is 336 g/mol. The third-order valence-electron chi connectivity index (χ3n) is 2.94. The van der Waals surface area contributed by atoms with Gasteiger partial charge in [-0.25, -0.2) is 0 Å². The van der Waals surface area contributed by atoms with Gasteiger partial charge in [0, 0.05) is 0 Å². The Morgan fingerprint density at radius 1 is 0.500 bits per heavy atom. The van der Waals surface area contributed by atoms with E-state index in [1.807, 2.05) is 60.7 Å². The van der Waals surface area contributed by atoms with Crippen molar-refractivity contribution in [2.24, 2.45) is 0 Å². The van der Waals surface area contributed by atoms with Crippen LogP contribution in [0.5, 0.6) is 11.5 Å². The number of aliphatic hydroxyl groups excluding tert-OH is 2. The molecule has 26 heavy (non-hydrogen) atoms. The number of para-hydroxylation sites is 2. The summed E-state index contributed by atoms with van der Waals surface area (Å²) in [5.41, 5.74) is 0. The van der Waals surface area contributed by atoms with Gasteiger partial charge in [-0.1, -0.05) is 36.4 Å². The summed E-state index contributed by atoms with van der Waals surface area (Å²) in [6.45, 7) is 2.76. The van der Waals surface area contributed by atoms with E-state index in [1.54, 1.807) is 0 Å². The van der Waals surface area contributed by atoms with Crippen molar-refractivity contribution in [2.45, 2.75) is 0 Å². The van der Waals surface area contributed by atoms with Crippen molar-refractivity contribution in [3.8, 4) is 11.5 Å². The molecule has 2 rings (SSSR count). The first-order valence-electron chi connectivity index (χ1n) is 8.59. The van der Waals surface area contributed by atoms with Crippen LogP contribution in [-0.2, 0) is 14.2 Å². The Bertz CT molecular complexity index is 473. The van der Waals surface area contributed by atoms with Gasteiger partial charge in [0.15, 0.2) is 0 Å². The highest BCUT2D eigenvalue weighted by Gasteiger charge is 1.92. The van der Waals surface area contributed by atoms with E-state index in [0.29, 0.717) is 39.6 Å². The van der Waals surface area contributed by atoms with Crippen LogP contribution in [0.4, 0.5) is 0 Å². The molecule has 2 aromatic carbocycles. The third kappa shape index (κ3) is 12.4. The van der Waals surface area contributed by atoms with E-state index in [2.05, 4.69) is 0 Å². The fraction of sp³-hybridized carbons (Fsp3) is 0.400. The number of aliphatic hydroxyl groups is 2. The summed E-state index contributed by atoms with van der Waals surface area (Å²) >= 11 is 0. The first-order valence-corrected chi connectivity index (χ1v) is 8.59. The van der Waals surface area contributed by atoms with Crippen molar-refractivity contribution in [3.63, 3.8) is 0 Å². The molecule has 0 bridgehead atoms. The maximum Gasteiger partial charge on any atom is 0.127 e. The van der Waals surface area contributed by atoms with Gasteiger partial charge in [0.2, 0.25) is 0 Å². The van der Waals surface area contributed by atoms with Crippen LogP contribution in [0.15, 0.2) is 60.7 Å². The minimum Gasteiger partial charge on any atom is -0.457 e. The maximum atomic E-state index is 8.36. The van der Waals surface area contributed by atoms with Gasteiger partial charge in [-0.3, -0.25) is 0 Å². The highest BCUT2D eigenvalue weighted by Crippen LogP contribution is 2.19. The molecule has 0 aliphatic carbocycles. The SMILES string of the molecule is OCCOCCOCCOCCO.c1ccc(Oc2ccccc2)cc1. The van der Waals surface area contributed by atoms with E-state index in [-0.39, 0.29) is 13.2 Å². The second-order valence-corrected chi connectivity index (χ2v) is 5.01. The van der Waals surface area contributed by atoms with Crippen LogP contribution < -0.4 is 4.74 Å². The number of ether oxygens (including phenoxy) is 4. The minimum absolute atomic E-state index is 0.0413. The van der Waals surface area contributed by atoms with E-state index in [9.17, 15) is 0 Å². The lowest BCUT2D eigenvalue weighted by atomic mass is 10.3. The van der Waals surface area contributed by atoms with E-state index < -0.39 is 0 Å². The smallest absolute Gasteiger partial charge is 0.127 e. The van der Waals surface area contributed by atoms with Crippen molar-refractivity contribution in [2.75, 3.05) is 52.9 Å². The molecule has 2 aromatic rings. The Kier molecular flexibility index (Phi) is 14.0. The highest BCUT2D eigenvalue weighted by atomic mass is 16.5. The molecule has 0 heterocycles. The summed E-state index contributed by atoms with van der Waals surface area (Å²) in [5, 5.41) is 16.7. The van der Waals surface area contributed by atoms with Crippen LogP contribution >= 0.6 is 0 Å². The van der Waals surface area contributed by atoms with Gasteiger partial charge in [0.05, 0.1) is 52.9 Å². The van der Waals surface area contributed by atoms with E-state index in [0.717, 1.165) is 11.5 Å². The predicted octanol–water partition coefficient (Wildman–Crippen LogP) is 2.50. The standard InChI is InChI=1S/C12H10O.C8H18O5/c1-3-7-11(8-4-1)13-12-9-5-2-6-10-12;9-1-3-11-5-7-13-8-6-12-4-2-10/h1-10H;9-10H,1-8H2. The number of rotatable bonds is 12. The fourth-order valence-electron chi connectivity index (χ4n) is 1.78. The molecule has 0 saturated carbocycles. The lowest BCUT2D eigenvalue weighted by Crippen LogP contribution is -2.11. The number of hydrogen-bond donors (Lipinski definition) is 2. The maximum absolute atomic E-state index is 8.36. The Morgan fingerprint density at radius 3 is 1.19 bits per heavy atom. The Balaban J connectivity index is 0.000000260. The molecule has 0 aliphatic heterocycles. The summed E-state index contributed by atoms with van der Waals surface area (Å²) < 4.78 is 20.6. The molecule has 0 atom stereocenters. The molecule has 0 spiro atoms. The van der Waals surface area contributed by atoms with Gasteiger partial charge in [-0.05, 0) is 24.3 Å². The van der Waals surface area contributed by atoms with Gasteiger partial charge in [-0.15, -0.1) is 0 Å². The summed E-state index contributed by atoms with van der Waals surface area (Å²) in [4.78, 5) is 0. The monoisotopic (exact) mass is 364 g/mol. The molecule has 0 unspecified atom stereocenters. The van der Waals surface area contributed by atoms with Crippen molar-refractivity contribution >= 4 is 0 Å². The second kappa shape index (κ2) is 16.5. The summed E-state index contributed by atoms with van der Waals surface area (Å²) in [7, 11) is 0. The van der Waals surface area contributed by atoms with Crippen molar-refractivity contribution in [1.82, 2.24) is 0 Å². The molecule has 2 N–H and O–H groups in total. The van der Waals surface area contributed by atoms with Gasteiger partial charge in [-0.2, -0.15) is 0 Å². The zero-order valence-corrected chi connectivity index (χ0v) is 15.0. The Morgan fingerprint density at radius 2 is 0.846 bits per heavy atom. The van der Waals surface area contributed by atoms with Crippen molar-refractivity contribution in [3.05, 3.63) is 60.7 Å². The van der Waals surface area contributed by atoms with E-state index in [1.165, 1.54) is 0 Å². The van der Waals surface area contributed by atoms with E-state index in [4.69, 9.17) is 29.2 Å². The topological polar surface area (TPSA) is 77.4 Å². The molecular formula is C20H28O6. The Hall–Kier alpha value is -1.96. The van der Waals surface area contributed by atoms with Crippen LogP contribution in [0.2, 0.25) is 0 Å². The van der Waals surface area contributed by atoms with Crippen LogP contribution in [-0.4, -0.2) is 63.1 Å². The molecule has 6 nitrogen and oxygen atoms in total. The molecule has 0 aliphatic rings. The Labute approximate surface area is 154 Å². The average Bonchev–Trinajstić information content (AvgIpc) is 2.69. The highest BCUT2D eigenvalue weighted by molar-refractivity contribution is 5.30. The van der Waals surface area contributed by atoms with Crippen LogP contribution in [0, 0.1) is 0 Å². The summed E-state index contributed by atoms with van der Waals surface area (Å²) in [6.07, 6.45) is 0. The van der Waals surface area contributed by atoms with Gasteiger partial charge in [0.25, 0.3) is 0 Å². The fourth-order valence-corrected chi connectivity index (χ4v) is 1.78. The van der Waals surface area contributed by atoms with Crippen LogP contribution in [0.25, 0.3) is 0 Å². The summed E-state index contributed by atoms with van der Waals surface area (Å²) in [5.74, 6) is 1.74. The number of benzene rings is 2. The first-order chi connectivity index (χ1) is 12.9. The van der Waals surface area contributed by atoms with Gasteiger partial charge >= 0.3 is 0 Å². The van der Waals surface area contributed by atoms with Crippen molar-refractivity contribution in [1.29, 1.82) is 0 Å². The molecule has 0 amide bonds. The normalized spacial score (nSPS) is 10.1. The quantitative estimate of drug-likeness (QED) is 0.564. The largest absolute Gasteiger partial charge is 0.457 e. The second-order valence-electron chi connectivity index (χ2n) is 5.01. The lowest BCUT2D eigenvalue weighted by Gasteiger charge is -2.04.